The van der Waals surface area contributed by atoms with Gasteiger partial charge < -0.3 is 15.7 Å². The third kappa shape index (κ3) is 4.56. The van der Waals surface area contributed by atoms with Crippen LogP contribution in [0.4, 0.5) is 10.5 Å². The normalized spacial score (nSPS) is 11.4. The Labute approximate surface area is 114 Å². The molecule has 1 aromatic rings. The summed E-state index contributed by atoms with van der Waals surface area (Å²) in [6.45, 7) is 1.60. The van der Waals surface area contributed by atoms with Gasteiger partial charge in [0, 0.05) is 12.6 Å². The molecule has 0 aliphatic carbocycles. The molecular weight excluding hydrogens is 266 g/mol. The number of hydrogen-bond acceptors (Lipinski definition) is 4. The molecule has 8 heteroatoms. The molecule has 0 spiro atoms. The maximum atomic E-state index is 11.5. The van der Waals surface area contributed by atoms with E-state index in [9.17, 15) is 19.7 Å². The lowest BCUT2D eigenvalue weighted by molar-refractivity contribution is -0.385. The standard InChI is InChI=1S/C12H15N3O5/c1-8(14-12(18)13-7-6-11(16)17)9-4-2-3-5-10(9)15(19)20/h2-5,8H,6-7H2,1H3,(H,16,17)(H2,13,14,18). The van der Waals surface area contributed by atoms with Crippen molar-refractivity contribution in [3.05, 3.63) is 39.9 Å². The summed E-state index contributed by atoms with van der Waals surface area (Å²) in [5.41, 5.74) is 0.303. The van der Waals surface area contributed by atoms with Crippen LogP contribution in [0.3, 0.4) is 0 Å². The minimum absolute atomic E-state index is 0.00916. The van der Waals surface area contributed by atoms with Crippen LogP contribution in [0, 0.1) is 10.1 Å². The molecule has 1 atom stereocenters. The van der Waals surface area contributed by atoms with Crippen molar-refractivity contribution in [2.75, 3.05) is 6.54 Å². The minimum Gasteiger partial charge on any atom is -0.481 e. The number of nitro benzene ring substituents is 1. The van der Waals surface area contributed by atoms with Crippen LogP contribution in [-0.4, -0.2) is 28.6 Å². The predicted molar refractivity (Wildman–Crippen MR) is 70.3 cm³/mol. The number of carbonyl (C=O) groups is 2. The Morgan fingerprint density at radius 1 is 1.40 bits per heavy atom. The van der Waals surface area contributed by atoms with Gasteiger partial charge in [-0.15, -0.1) is 0 Å². The molecule has 0 aliphatic heterocycles. The highest BCUT2D eigenvalue weighted by atomic mass is 16.6. The molecule has 0 radical (unpaired) electrons. The first kappa shape index (κ1) is 15.4. The highest BCUT2D eigenvalue weighted by Crippen LogP contribution is 2.24. The monoisotopic (exact) mass is 281 g/mol. The topological polar surface area (TPSA) is 122 Å². The SMILES string of the molecule is CC(NC(=O)NCCC(=O)O)c1ccccc1[N+](=O)[O-]. The Morgan fingerprint density at radius 3 is 2.65 bits per heavy atom. The Morgan fingerprint density at radius 2 is 2.05 bits per heavy atom. The number of carbonyl (C=O) groups excluding carboxylic acids is 1. The van der Waals surface area contributed by atoms with E-state index in [-0.39, 0.29) is 18.7 Å². The van der Waals surface area contributed by atoms with Crippen molar-refractivity contribution in [1.82, 2.24) is 10.6 Å². The van der Waals surface area contributed by atoms with Crippen molar-refractivity contribution in [3.63, 3.8) is 0 Å². The minimum atomic E-state index is -1.02. The van der Waals surface area contributed by atoms with Gasteiger partial charge in [0.1, 0.15) is 0 Å². The molecule has 1 aromatic carbocycles. The number of aliphatic carboxylic acids is 1. The number of benzene rings is 1. The van der Waals surface area contributed by atoms with Crippen LogP contribution in [0.25, 0.3) is 0 Å². The second-order valence-electron chi connectivity index (χ2n) is 4.08. The molecular formula is C12H15N3O5. The fraction of sp³-hybridized carbons (Fsp3) is 0.333. The van der Waals surface area contributed by atoms with E-state index < -0.39 is 23.0 Å². The summed E-state index contributed by atoms with van der Waals surface area (Å²) in [6.07, 6.45) is -0.187. The van der Waals surface area contributed by atoms with Crippen molar-refractivity contribution in [1.29, 1.82) is 0 Å². The summed E-state index contributed by atoms with van der Waals surface area (Å²) < 4.78 is 0. The third-order valence-electron chi connectivity index (χ3n) is 2.57. The fourth-order valence-electron chi connectivity index (χ4n) is 1.63. The lowest BCUT2D eigenvalue weighted by Gasteiger charge is -2.14. The van der Waals surface area contributed by atoms with Crippen molar-refractivity contribution in [2.45, 2.75) is 19.4 Å². The van der Waals surface area contributed by atoms with Crippen LogP contribution in [0.2, 0.25) is 0 Å². The smallest absolute Gasteiger partial charge is 0.315 e. The largest absolute Gasteiger partial charge is 0.481 e. The van der Waals surface area contributed by atoms with E-state index in [0.717, 1.165) is 0 Å². The molecule has 0 fully saturated rings. The Balaban J connectivity index is 2.62. The van der Waals surface area contributed by atoms with E-state index >= 15 is 0 Å². The van der Waals surface area contributed by atoms with Crippen LogP contribution in [-0.2, 0) is 4.79 Å². The summed E-state index contributed by atoms with van der Waals surface area (Å²) >= 11 is 0. The predicted octanol–water partition coefficient (Wildman–Crippen LogP) is 1.43. The summed E-state index contributed by atoms with van der Waals surface area (Å²) in [4.78, 5) is 32.2. The molecule has 0 bridgehead atoms. The second-order valence-corrected chi connectivity index (χ2v) is 4.08. The second kappa shape index (κ2) is 7.07. The van der Waals surface area contributed by atoms with Crippen LogP contribution in [0.1, 0.15) is 24.9 Å². The average molecular weight is 281 g/mol. The van der Waals surface area contributed by atoms with Crippen molar-refractivity contribution in [3.8, 4) is 0 Å². The lowest BCUT2D eigenvalue weighted by atomic mass is 10.1. The number of nitrogens with one attached hydrogen (secondary N) is 2. The molecule has 0 saturated heterocycles. The lowest BCUT2D eigenvalue weighted by Crippen LogP contribution is -2.38. The quantitative estimate of drug-likeness (QED) is 0.538. The summed E-state index contributed by atoms with van der Waals surface area (Å²) in [6, 6.07) is 4.96. The number of para-hydroxylation sites is 1. The first-order valence-electron chi connectivity index (χ1n) is 5.91. The number of nitro groups is 1. The molecule has 0 saturated carbocycles. The van der Waals surface area contributed by atoms with E-state index in [0.29, 0.717) is 5.56 Å². The zero-order chi connectivity index (χ0) is 15.1. The number of hydrogen-bond donors (Lipinski definition) is 3. The van der Waals surface area contributed by atoms with Gasteiger partial charge in [-0.2, -0.15) is 0 Å². The zero-order valence-electron chi connectivity index (χ0n) is 10.8. The molecule has 2 amide bonds. The third-order valence-corrected chi connectivity index (χ3v) is 2.57. The number of carboxylic acid groups (broad SMARTS) is 1. The van der Waals surface area contributed by atoms with Crippen LogP contribution >= 0.6 is 0 Å². The van der Waals surface area contributed by atoms with Crippen molar-refractivity contribution >= 4 is 17.7 Å². The fourth-order valence-corrected chi connectivity index (χ4v) is 1.63. The molecule has 0 aromatic heterocycles. The highest BCUT2D eigenvalue weighted by molar-refractivity contribution is 5.75. The Kier molecular flexibility index (Phi) is 5.45. The van der Waals surface area contributed by atoms with Gasteiger partial charge in [-0.25, -0.2) is 4.79 Å². The summed E-state index contributed by atoms with van der Waals surface area (Å²) in [5, 5.41) is 24.2. The van der Waals surface area contributed by atoms with E-state index in [1.807, 2.05) is 0 Å². The van der Waals surface area contributed by atoms with Gasteiger partial charge in [0.15, 0.2) is 0 Å². The molecule has 0 heterocycles. The number of urea groups is 1. The van der Waals surface area contributed by atoms with Gasteiger partial charge in [0.25, 0.3) is 5.69 Å². The number of nitrogens with zero attached hydrogens (tertiary/aromatic N) is 1. The highest BCUT2D eigenvalue weighted by Gasteiger charge is 2.19. The van der Waals surface area contributed by atoms with Gasteiger partial charge in [-0.1, -0.05) is 18.2 Å². The van der Waals surface area contributed by atoms with E-state index in [2.05, 4.69) is 10.6 Å². The Bertz CT molecular complexity index is 518. The maximum absolute atomic E-state index is 11.5. The van der Waals surface area contributed by atoms with E-state index in [1.54, 1.807) is 25.1 Å². The molecule has 1 unspecified atom stereocenters. The van der Waals surface area contributed by atoms with Crippen LogP contribution in [0.15, 0.2) is 24.3 Å². The number of carboxylic acids is 1. The maximum Gasteiger partial charge on any atom is 0.315 e. The van der Waals surface area contributed by atoms with Crippen molar-refractivity contribution < 1.29 is 19.6 Å². The first-order valence-corrected chi connectivity index (χ1v) is 5.91. The van der Waals surface area contributed by atoms with E-state index in [1.165, 1.54) is 6.07 Å². The Hall–Kier alpha value is -2.64. The molecule has 0 aliphatic rings. The first-order chi connectivity index (χ1) is 9.41. The van der Waals surface area contributed by atoms with Gasteiger partial charge in [-0.3, -0.25) is 14.9 Å². The summed E-state index contributed by atoms with van der Waals surface area (Å²) in [5.74, 6) is -1.02. The molecule has 8 nitrogen and oxygen atoms in total. The molecule has 1 rings (SSSR count). The van der Waals surface area contributed by atoms with Crippen molar-refractivity contribution in [2.24, 2.45) is 0 Å². The van der Waals surface area contributed by atoms with Crippen LogP contribution in [0.5, 0.6) is 0 Å². The molecule has 108 valence electrons. The number of amides is 2. The van der Waals surface area contributed by atoms with E-state index in [4.69, 9.17) is 5.11 Å². The van der Waals surface area contributed by atoms with Gasteiger partial charge in [0.2, 0.25) is 0 Å². The van der Waals surface area contributed by atoms with Gasteiger partial charge >= 0.3 is 12.0 Å². The van der Waals surface area contributed by atoms with Gasteiger partial charge in [-0.05, 0) is 6.92 Å². The zero-order valence-corrected chi connectivity index (χ0v) is 10.8. The van der Waals surface area contributed by atoms with Crippen LogP contribution < -0.4 is 10.6 Å². The molecule has 3 N–H and O–H groups in total. The summed E-state index contributed by atoms with van der Waals surface area (Å²) in [7, 11) is 0. The number of rotatable bonds is 6. The average Bonchev–Trinajstić information content (AvgIpc) is 2.38. The molecule has 20 heavy (non-hydrogen) atoms. The van der Waals surface area contributed by atoms with Gasteiger partial charge in [0.05, 0.1) is 22.9 Å².